The summed E-state index contributed by atoms with van der Waals surface area (Å²) in [4.78, 5) is 12.6. The summed E-state index contributed by atoms with van der Waals surface area (Å²) in [5.41, 5.74) is 3.56. The normalized spacial score (nSPS) is 12.2. The average Bonchev–Trinajstić information content (AvgIpc) is 3.30. The molecule has 0 fully saturated rings. The molecular weight excluding hydrogens is 371 g/mol. The molecule has 0 spiro atoms. The van der Waals surface area contributed by atoms with Crippen molar-refractivity contribution in [2.24, 2.45) is 7.05 Å². The lowest BCUT2D eigenvalue weighted by atomic mass is 10.1. The van der Waals surface area contributed by atoms with Gasteiger partial charge in [-0.05, 0) is 65.2 Å². The highest BCUT2D eigenvalue weighted by atomic mass is 19.1. The van der Waals surface area contributed by atoms with Gasteiger partial charge in [-0.3, -0.25) is 4.79 Å². The summed E-state index contributed by atoms with van der Waals surface area (Å²) in [5.74, 6) is -0.402. The molecule has 0 aliphatic carbocycles. The number of hydrogen-bond acceptors (Lipinski definition) is 4. The van der Waals surface area contributed by atoms with Crippen LogP contribution < -0.4 is 5.32 Å². The van der Waals surface area contributed by atoms with Crippen molar-refractivity contribution in [3.63, 3.8) is 0 Å². The number of nitrogens with zero attached hydrogens (tertiary/aromatic N) is 5. The number of benzene rings is 2. The number of nitrogens with one attached hydrogen (secondary N) is 1. The van der Waals surface area contributed by atoms with Gasteiger partial charge >= 0.3 is 0 Å². The Hall–Kier alpha value is -3.55. The standard InChI is InChI=1S/C21H21FN6O/c1-14(9-17-12-27(2)20-8-7-18(22)10-19(17)20)24-21(29)16-5-3-15(4-6-16)11-28-13-23-25-26-28/h3-8,10,12-14H,9,11H2,1-2H3,(H,24,29). The quantitative estimate of drug-likeness (QED) is 0.547. The minimum atomic E-state index is -0.261. The molecule has 148 valence electrons. The van der Waals surface area contributed by atoms with Crippen LogP contribution in [-0.2, 0) is 20.0 Å². The number of rotatable bonds is 6. The zero-order valence-electron chi connectivity index (χ0n) is 16.2. The Morgan fingerprint density at radius 2 is 2.00 bits per heavy atom. The van der Waals surface area contributed by atoms with E-state index in [-0.39, 0.29) is 17.8 Å². The molecule has 2 heterocycles. The predicted octanol–water partition coefficient (Wildman–Crippen LogP) is 2.71. The third-order valence-corrected chi connectivity index (χ3v) is 4.89. The molecule has 8 heteroatoms. The lowest BCUT2D eigenvalue weighted by Crippen LogP contribution is -2.34. The second-order valence-electron chi connectivity index (χ2n) is 7.21. The third-order valence-electron chi connectivity index (χ3n) is 4.89. The summed E-state index contributed by atoms with van der Waals surface area (Å²) in [6.45, 7) is 2.49. The highest BCUT2D eigenvalue weighted by molar-refractivity contribution is 5.94. The van der Waals surface area contributed by atoms with E-state index in [4.69, 9.17) is 0 Å². The molecular formula is C21H21FN6O. The van der Waals surface area contributed by atoms with Crippen LogP contribution >= 0.6 is 0 Å². The molecule has 0 bridgehead atoms. The number of fused-ring (bicyclic) bond motifs is 1. The van der Waals surface area contributed by atoms with Gasteiger partial charge in [-0.15, -0.1) is 5.10 Å². The largest absolute Gasteiger partial charge is 0.350 e. The first-order valence-corrected chi connectivity index (χ1v) is 9.33. The molecule has 4 aromatic rings. The second kappa shape index (κ2) is 7.83. The first-order valence-electron chi connectivity index (χ1n) is 9.33. The molecule has 2 aromatic heterocycles. The monoisotopic (exact) mass is 392 g/mol. The van der Waals surface area contributed by atoms with E-state index in [1.807, 2.05) is 36.9 Å². The molecule has 0 saturated heterocycles. The maximum Gasteiger partial charge on any atom is 0.251 e. The van der Waals surface area contributed by atoms with E-state index in [9.17, 15) is 9.18 Å². The highest BCUT2D eigenvalue weighted by Crippen LogP contribution is 2.23. The van der Waals surface area contributed by atoms with Gasteiger partial charge in [-0.2, -0.15) is 0 Å². The van der Waals surface area contributed by atoms with Crippen LogP contribution in [0.2, 0.25) is 0 Å². The van der Waals surface area contributed by atoms with E-state index >= 15 is 0 Å². The molecule has 1 N–H and O–H groups in total. The number of hydrogen-bond donors (Lipinski definition) is 1. The molecule has 4 rings (SSSR count). The Morgan fingerprint density at radius 3 is 2.72 bits per heavy atom. The Balaban J connectivity index is 1.41. The maximum atomic E-state index is 13.7. The fourth-order valence-corrected chi connectivity index (χ4v) is 3.50. The van der Waals surface area contributed by atoms with E-state index in [0.29, 0.717) is 18.5 Å². The van der Waals surface area contributed by atoms with Gasteiger partial charge in [0.2, 0.25) is 0 Å². The van der Waals surface area contributed by atoms with Gasteiger partial charge < -0.3 is 9.88 Å². The van der Waals surface area contributed by atoms with Crippen LogP contribution in [-0.4, -0.2) is 36.7 Å². The lowest BCUT2D eigenvalue weighted by Gasteiger charge is -2.14. The molecule has 7 nitrogen and oxygen atoms in total. The molecule has 0 radical (unpaired) electrons. The van der Waals surface area contributed by atoms with Crippen LogP contribution in [0.3, 0.4) is 0 Å². The van der Waals surface area contributed by atoms with Crippen molar-refractivity contribution in [3.05, 3.63) is 77.5 Å². The predicted molar refractivity (Wildman–Crippen MR) is 107 cm³/mol. The zero-order chi connectivity index (χ0) is 20.4. The number of halogens is 1. The van der Waals surface area contributed by atoms with Crippen molar-refractivity contribution in [1.82, 2.24) is 30.1 Å². The molecule has 1 amide bonds. The van der Waals surface area contributed by atoms with Gasteiger partial charge in [0.1, 0.15) is 12.1 Å². The van der Waals surface area contributed by atoms with E-state index in [0.717, 1.165) is 22.0 Å². The number of aromatic nitrogens is 5. The summed E-state index contributed by atoms with van der Waals surface area (Å²) >= 11 is 0. The first kappa shape index (κ1) is 18.8. The molecule has 29 heavy (non-hydrogen) atoms. The van der Waals surface area contributed by atoms with Gasteiger partial charge in [0.05, 0.1) is 6.54 Å². The minimum Gasteiger partial charge on any atom is -0.350 e. The van der Waals surface area contributed by atoms with E-state index < -0.39 is 0 Å². The number of tetrazole rings is 1. The first-order chi connectivity index (χ1) is 14.0. The van der Waals surface area contributed by atoms with Crippen LogP contribution in [0.4, 0.5) is 4.39 Å². The molecule has 0 aliphatic rings. The molecule has 2 aromatic carbocycles. The maximum absolute atomic E-state index is 13.7. The van der Waals surface area contributed by atoms with Crippen molar-refractivity contribution in [2.45, 2.75) is 25.9 Å². The van der Waals surface area contributed by atoms with Crippen molar-refractivity contribution in [1.29, 1.82) is 0 Å². The summed E-state index contributed by atoms with van der Waals surface area (Å²) in [6, 6.07) is 12.0. The van der Waals surface area contributed by atoms with Gasteiger partial charge in [-0.25, -0.2) is 9.07 Å². The topological polar surface area (TPSA) is 77.6 Å². The summed E-state index contributed by atoms with van der Waals surface area (Å²) < 4.78 is 17.2. The summed E-state index contributed by atoms with van der Waals surface area (Å²) in [7, 11) is 1.93. The molecule has 1 atom stereocenters. The Bertz CT molecular complexity index is 1130. The third kappa shape index (κ3) is 4.16. The van der Waals surface area contributed by atoms with Gasteiger partial charge in [0, 0.05) is 35.8 Å². The van der Waals surface area contributed by atoms with E-state index in [1.165, 1.54) is 6.07 Å². The second-order valence-corrected chi connectivity index (χ2v) is 7.21. The Labute approximate surface area is 167 Å². The van der Waals surface area contributed by atoms with E-state index in [2.05, 4.69) is 20.8 Å². The number of amides is 1. The van der Waals surface area contributed by atoms with Crippen molar-refractivity contribution >= 4 is 16.8 Å². The number of aryl methyl sites for hydroxylation is 1. The van der Waals surface area contributed by atoms with Crippen LogP contribution in [0.5, 0.6) is 0 Å². The molecule has 0 saturated carbocycles. The highest BCUT2D eigenvalue weighted by Gasteiger charge is 2.14. The Morgan fingerprint density at radius 1 is 1.21 bits per heavy atom. The summed E-state index contributed by atoms with van der Waals surface area (Å²) in [5, 5.41) is 14.9. The van der Waals surface area contributed by atoms with Gasteiger partial charge in [-0.1, -0.05) is 12.1 Å². The molecule has 1 unspecified atom stereocenters. The molecule has 0 aliphatic heterocycles. The smallest absolute Gasteiger partial charge is 0.251 e. The van der Waals surface area contributed by atoms with Crippen molar-refractivity contribution in [3.8, 4) is 0 Å². The average molecular weight is 392 g/mol. The van der Waals surface area contributed by atoms with E-state index in [1.54, 1.807) is 35.3 Å². The summed E-state index contributed by atoms with van der Waals surface area (Å²) in [6.07, 6.45) is 4.14. The van der Waals surface area contributed by atoms with Gasteiger partial charge in [0.15, 0.2) is 0 Å². The minimum absolute atomic E-state index is 0.0998. The van der Waals surface area contributed by atoms with Crippen molar-refractivity contribution < 1.29 is 9.18 Å². The van der Waals surface area contributed by atoms with Crippen molar-refractivity contribution in [2.75, 3.05) is 0 Å². The lowest BCUT2D eigenvalue weighted by molar-refractivity contribution is 0.0940. The van der Waals surface area contributed by atoms with Crippen LogP contribution in [0.1, 0.15) is 28.4 Å². The number of carbonyl (C=O) groups is 1. The van der Waals surface area contributed by atoms with Crippen LogP contribution in [0, 0.1) is 5.82 Å². The van der Waals surface area contributed by atoms with Crippen LogP contribution in [0.15, 0.2) is 55.0 Å². The SMILES string of the molecule is CC(Cc1cn(C)c2ccc(F)cc12)NC(=O)c1ccc(Cn2cnnn2)cc1. The van der Waals surface area contributed by atoms with Crippen LogP contribution in [0.25, 0.3) is 10.9 Å². The number of carbonyl (C=O) groups excluding carboxylic acids is 1. The zero-order valence-corrected chi connectivity index (χ0v) is 16.2. The Kier molecular flexibility index (Phi) is 5.07. The fraction of sp³-hybridized carbons (Fsp3) is 0.238. The fourth-order valence-electron chi connectivity index (χ4n) is 3.50. The van der Waals surface area contributed by atoms with Gasteiger partial charge in [0.25, 0.3) is 5.91 Å².